The van der Waals surface area contributed by atoms with Gasteiger partial charge < -0.3 is 9.97 Å². The van der Waals surface area contributed by atoms with Crippen LogP contribution in [-0.4, -0.2) is 59.1 Å². The molecule has 8 bridgehead atoms. The van der Waals surface area contributed by atoms with Crippen LogP contribution in [0.3, 0.4) is 0 Å². The standard InChI is InChI=1S/C64H38N12/c1-2-14-38-30-46-45(29-37(38)13-1)53-61(73-25-9-21-65-73)55-47-31-39-15-3-4-16-40(39)32-48(47)57(70-55)63(75-27-11-23-67-75)59-51-35-43-19-7-8-20-44(43)36-52(51)60(72-59)64(76-28-12-24-68-76)58-50-34-42-18-6-5-17-41(42)33-49(50)56(71-58)62(54(46)69-53)74-26-10-22-66-74/h1-36,69,72H. The van der Waals surface area contributed by atoms with Gasteiger partial charge in [-0.05, 0) is 116 Å². The lowest BCUT2D eigenvalue weighted by Gasteiger charge is -2.10. The molecule has 1 aliphatic carbocycles. The van der Waals surface area contributed by atoms with Crippen molar-refractivity contribution in [3.63, 3.8) is 0 Å². The topological polar surface area (TPSA) is 129 Å². The predicted octanol–water partition coefficient (Wildman–Crippen LogP) is 14.6. The lowest BCUT2D eigenvalue weighted by Crippen LogP contribution is -2.00. The van der Waals surface area contributed by atoms with Crippen molar-refractivity contribution in [2.75, 3.05) is 0 Å². The van der Waals surface area contributed by atoms with Gasteiger partial charge in [-0.15, -0.1) is 0 Å². The summed E-state index contributed by atoms with van der Waals surface area (Å²) in [6, 6.07) is 60.2. The quantitative estimate of drug-likeness (QED) is 0.181. The molecular weight excluding hydrogens is 937 g/mol. The van der Waals surface area contributed by atoms with E-state index >= 15 is 0 Å². The number of rotatable bonds is 4. The highest BCUT2D eigenvalue weighted by atomic mass is 15.3. The smallest absolute Gasteiger partial charge is 0.115 e. The highest BCUT2D eigenvalue weighted by Gasteiger charge is 2.32. The number of benzene rings is 8. The second-order valence-electron chi connectivity index (χ2n) is 19.5. The zero-order valence-electron chi connectivity index (χ0n) is 40.3. The van der Waals surface area contributed by atoms with Crippen molar-refractivity contribution in [1.82, 2.24) is 59.1 Å². The third kappa shape index (κ3) is 5.82. The molecule has 14 aromatic rings. The number of fused-ring (bicyclic) bond motifs is 4. The number of hydrogen-bond donors (Lipinski definition) is 2. The fourth-order valence-electron chi connectivity index (χ4n) is 12.0. The van der Waals surface area contributed by atoms with E-state index in [1.165, 1.54) is 0 Å². The average molecular weight is 975 g/mol. The molecule has 12 nitrogen and oxygen atoms in total. The van der Waals surface area contributed by atoms with Crippen LogP contribution in [0.25, 0.3) is 154 Å². The van der Waals surface area contributed by atoms with Gasteiger partial charge in [0.2, 0.25) is 0 Å². The number of nitrogens with zero attached hydrogens (tertiary/aromatic N) is 10. The molecule has 8 aromatic carbocycles. The van der Waals surface area contributed by atoms with E-state index in [0.717, 1.165) is 154 Å². The molecule has 0 fully saturated rings. The molecule has 8 heterocycles. The van der Waals surface area contributed by atoms with Gasteiger partial charge in [0, 0.05) is 93.4 Å². The molecule has 0 atom stereocenters. The van der Waals surface area contributed by atoms with Crippen molar-refractivity contribution >= 4 is 86.7 Å². The average Bonchev–Trinajstić information content (AvgIpc) is 4.32. The van der Waals surface area contributed by atoms with Gasteiger partial charge in [-0.3, -0.25) is 0 Å². The highest BCUT2D eigenvalue weighted by Crippen LogP contribution is 2.50. The molecule has 76 heavy (non-hydrogen) atoms. The van der Waals surface area contributed by atoms with Gasteiger partial charge in [0.1, 0.15) is 22.7 Å². The van der Waals surface area contributed by atoms with Gasteiger partial charge in [-0.25, -0.2) is 28.7 Å². The fourth-order valence-corrected chi connectivity index (χ4v) is 12.0. The van der Waals surface area contributed by atoms with Crippen LogP contribution in [0.1, 0.15) is 0 Å². The maximum Gasteiger partial charge on any atom is 0.115 e. The zero-order valence-corrected chi connectivity index (χ0v) is 40.3. The van der Waals surface area contributed by atoms with Crippen LogP contribution in [0.4, 0.5) is 0 Å². The summed E-state index contributed by atoms with van der Waals surface area (Å²) in [5.74, 6) is 0. The number of aromatic nitrogens is 12. The van der Waals surface area contributed by atoms with Crippen molar-refractivity contribution in [3.05, 3.63) is 219 Å². The van der Waals surface area contributed by atoms with E-state index in [9.17, 15) is 0 Å². The molecule has 12 heteroatoms. The lowest BCUT2D eigenvalue weighted by molar-refractivity contribution is 0.876. The largest absolute Gasteiger partial charge is 0.351 e. The Balaban J connectivity index is 1.22. The van der Waals surface area contributed by atoms with Crippen molar-refractivity contribution < 1.29 is 0 Å². The molecule has 354 valence electrons. The minimum atomic E-state index is 0.746. The van der Waals surface area contributed by atoms with E-state index in [0.29, 0.717) is 0 Å². The molecule has 6 aromatic heterocycles. The zero-order chi connectivity index (χ0) is 49.6. The Morgan fingerprint density at radius 3 is 0.697 bits per heavy atom. The maximum absolute atomic E-state index is 5.95. The summed E-state index contributed by atoms with van der Waals surface area (Å²) < 4.78 is 7.81. The van der Waals surface area contributed by atoms with E-state index in [-0.39, 0.29) is 0 Å². The molecular formula is C64H38N12. The van der Waals surface area contributed by atoms with Crippen LogP contribution in [0.15, 0.2) is 219 Å². The number of nitrogens with one attached hydrogen (secondary N) is 2. The Morgan fingerprint density at radius 2 is 0.487 bits per heavy atom. The minimum Gasteiger partial charge on any atom is -0.351 e. The first-order valence-electron chi connectivity index (χ1n) is 25.2. The van der Waals surface area contributed by atoms with Gasteiger partial charge in [-0.2, -0.15) is 20.4 Å². The van der Waals surface area contributed by atoms with Crippen LogP contribution in [0.2, 0.25) is 0 Å². The van der Waals surface area contributed by atoms with E-state index in [2.05, 4.69) is 156 Å². The van der Waals surface area contributed by atoms with Crippen LogP contribution in [0, 0.1) is 0 Å². The molecule has 2 aliphatic heterocycles. The first-order chi connectivity index (χ1) is 37.7. The molecule has 2 N–H and O–H groups in total. The lowest BCUT2D eigenvalue weighted by atomic mass is 9.96. The summed E-state index contributed by atoms with van der Waals surface area (Å²) in [6.07, 6.45) is 15.3. The molecule has 0 radical (unpaired) electrons. The van der Waals surface area contributed by atoms with Gasteiger partial charge in [-0.1, -0.05) is 97.1 Å². The number of H-pyrrole nitrogens is 2. The maximum atomic E-state index is 5.95. The Hall–Kier alpha value is -10.7. The molecule has 0 amide bonds. The Labute approximate surface area is 431 Å². The summed E-state index contributed by atoms with van der Waals surface area (Å²) in [6.45, 7) is 0. The summed E-state index contributed by atoms with van der Waals surface area (Å²) in [5, 5.41) is 32.9. The van der Waals surface area contributed by atoms with E-state index in [1.54, 1.807) is 0 Å². The van der Waals surface area contributed by atoms with Crippen molar-refractivity contribution in [3.8, 4) is 67.8 Å². The van der Waals surface area contributed by atoms with Crippen LogP contribution >= 0.6 is 0 Å². The second kappa shape index (κ2) is 15.4. The van der Waals surface area contributed by atoms with E-state index < -0.39 is 0 Å². The predicted molar refractivity (Wildman–Crippen MR) is 303 cm³/mol. The summed E-state index contributed by atoms with van der Waals surface area (Å²) in [7, 11) is 0. The Kier molecular flexibility index (Phi) is 8.27. The normalized spacial score (nSPS) is 12.2. The van der Waals surface area contributed by atoms with Gasteiger partial charge >= 0.3 is 0 Å². The molecule has 0 saturated heterocycles. The van der Waals surface area contributed by atoms with Crippen molar-refractivity contribution in [2.45, 2.75) is 0 Å². The van der Waals surface area contributed by atoms with E-state index in [4.69, 9.17) is 30.4 Å². The SMILES string of the molecule is c1ccc2cc3c(cc2c1)-c1nc-3c(-n2cccn2)c2[nH]c(c(-n3cccn3)c3nc(c(-n4cccn4)c4[nH]c(c1-n1cccn1)c1cc5ccccc5cc41)-c1cc4ccccc4cc1-3)c1cc3ccccc3cc21. The minimum absolute atomic E-state index is 0.746. The van der Waals surface area contributed by atoms with Crippen LogP contribution in [-0.2, 0) is 0 Å². The third-order valence-corrected chi connectivity index (χ3v) is 15.4. The van der Waals surface area contributed by atoms with Gasteiger partial charge in [0.15, 0.2) is 0 Å². The highest BCUT2D eigenvalue weighted by molar-refractivity contribution is 6.21. The molecule has 17 rings (SSSR count). The summed E-state index contributed by atoms with van der Waals surface area (Å²) >= 11 is 0. The number of aromatic amines is 2. The first kappa shape index (κ1) is 40.8. The second-order valence-corrected chi connectivity index (χ2v) is 19.5. The van der Waals surface area contributed by atoms with Crippen LogP contribution < -0.4 is 0 Å². The molecule has 0 saturated carbocycles. The third-order valence-electron chi connectivity index (χ3n) is 15.4. The Morgan fingerprint density at radius 1 is 0.263 bits per heavy atom. The Bertz CT molecular complexity index is 4470. The van der Waals surface area contributed by atoms with E-state index in [1.807, 2.05) is 92.6 Å². The van der Waals surface area contributed by atoms with Crippen LogP contribution in [0.5, 0.6) is 0 Å². The van der Waals surface area contributed by atoms with Crippen molar-refractivity contribution in [1.29, 1.82) is 0 Å². The van der Waals surface area contributed by atoms with Crippen molar-refractivity contribution in [2.24, 2.45) is 0 Å². The number of hydrogen-bond acceptors (Lipinski definition) is 6. The molecule has 0 spiro atoms. The van der Waals surface area contributed by atoms with Gasteiger partial charge in [0.05, 0.1) is 44.8 Å². The molecule has 3 aliphatic rings. The molecule has 0 unspecified atom stereocenters. The van der Waals surface area contributed by atoms with Gasteiger partial charge in [0.25, 0.3) is 0 Å². The fraction of sp³-hybridized carbons (Fsp3) is 0. The monoisotopic (exact) mass is 974 g/mol. The first-order valence-corrected chi connectivity index (χ1v) is 25.2. The summed E-state index contributed by atoms with van der Waals surface area (Å²) in [5.41, 5.74) is 13.3. The summed E-state index contributed by atoms with van der Waals surface area (Å²) in [4.78, 5) is 20.1.